The molecule has 0 spiro atoms. The van der Waals surface area contributed by atoms with Crippen molar-refractivity contribution >= 4 is 63.3 Å². The summed E-state index contributed by atoms with van der Waals surface area (Å²) in [5, 5.41) is 11.6. The lowest BCUT2D eigenvalue weighted by molar-refractivity contribution is -0.137. The molecule has 1 saturated heterocycles. The molecule has 2 N–H and O–H groups in total. The van der Waals surface area contributed by atoms with Gasteiger partial charge in [-0.2, -0.15) is 0 Å². The molecule has 2 aliphatic rings. The maximum Gasteiger partial charge on any atom is 0.303 e. The first kappa shape index (κ1) is 31.4. The van der Waals surface area contributed by atoms with Crippen molar-refractivity contribution in [2.75, 3.05) is 24.5 Å². The number of carboxylic acid groups (broad SMARTS) is 1. The molecule has 2 heterocycles. The topological polar surface area (TPSA) is 107 Å². The molecule has 4 rings (SSSR count). The summed E-state index contributed by atoms with van der Waals surface area (Å²) in [6.45, 7) is 0.836. The Kier molecular flexibility index (Phi) is 11.7. The van der Waals surface area contributed by atoms with Gasteiger partial charge in [-0.15, -0.1) is 0 Å². The van der Waals surface area contributed by atoms with Crippen molar-refractivity contribution in [1.29, 1.82) is 0 Å². The number of thioether (sulfide) groups is 1. The van der Waals surface area contributed by atoms with Crippen LogP contribution in [-0.4, -0.2) is 57.7 Å². The summed E-state index contributed by atoms with van der Waals surface area (Å²) in [5.41, 5.74) is 2.69. The maximum atomic E-state index is 13.6. The molecule has 2 aromatic rings. The van der Waals surface area contributed by atoms with Gasteiger partial charge >= 0.3 is 5.97 Å². The second-order valence-corrected chi connectivity index (χ2v) is 12.1. The van der Waals surface area contributed by atoms with Crippen LogP contribution in [0.25, 0.3) is 5.57 Å². The zero-order chi connectivity index (χ0) is 29.9. The third-order valence-electron chi connectivity index (χ3n) is 7.40. The first-order valence-corrected chi connectivity index (χ1v) is 15.8. The fraction of sp³-hybridized carbons (Fsp3) is 0.406. The summed E-state index contributed by atoms with van der Waals surface area (Å²) in [4.78, 5) is 53.8. The van der Waals surface area contributed by atoms with Crippen LogP contribution >= 0.6 is 24.0 Å². The van der Waals surface area contributed by atoms with Gasteiger partial charge in [0, 0.05) is 25.1 Å². The number of carboxylic acids is 1. The Bertz CT molecular complexity index is 1340. The summed E-state index contributed by atoms with van der Waals surface area (Å²) < 4.78 is 0.448. The van der Waals surface area contributed by atoms with Crippen molar-refractivity contribution in [2.45, 2.75) is 64.2 Å². The van der Waals surface area contributed by atoms with E-state index in [1.807, 2.05) is 48.5 Å². The van der Waals surface area contributed by atoms with E-state index < -0.39 is 5.97 Å². The number of benzene rings is 2. The molecule has 10 heteroatoms. The summed E-state index contributed by atoms with van der Waals surface area (Å²) in [6, 6.07) is 17.1. The Morgan fingerprint density at radius 1 is 0.810 bits per heavy atom. The van der Waals surface area contributed by atoms with Gasteiger partial charge in [-0.05, 0) is 30.9 Å². The molecule has 0 atom stereocenters. The highest BCUT2D eigenvalue weighted by molar-refractivity contribution is 8.26. The predicted molar refractivity (Wildman–Crippen MR) is 170 cm³/mol. The molecule has 0 unspecified atom stereocenters. The molecule has 222 valence electrons. The number of nitrogens with zero attached hydrogens (tertiary/aromatic N) is 2. The number of nitrogens with one attached hydrogen (secondary N) is 1. The van der Waals surface area contributed by atoms with E-state index in [9.17, 15) is 19.2 Å². The fourth-order valence-corrected chi connectivity index (χ4v) is 6.58. The highest BCUT2D eigenvalue weighted by atomic mass is 32.2. The number of rotatable bonds is 16. The average Bonchev–Trinajstić information content (AvgIpc) is 3.41. The number of carbonyl (C=O) groups excluding carboxylic acids is 3. The quantitative estimate of drug-likeness (QED) is 0.146. The van der Waals surface area contributed by atoms with Crippen LogP contribution < -0.4 is 10.2 Å². The van der Waals surface area contributed by atoms with Crippen LogP contribution in [0.3, 0.4) is 0 Å². The lowest BCUT2D eigenvalue weighted by Gasteiger charge is -2.17. The summed E-state index contributed by atoms with van der Waals surface area (Å²) in [5.74, 6) is -1.62. The molecule has 0 bridgehead atoms. The Morgan fingerprint density at radius 2 is 1.45 bits per heavy atom. The average molecular weight is 608 g/mol. The van der Waals surface area contributed by atoms with Crippen LogP contribution in [0.15, 0.2) is 59.5 Å². The van der Waals surface area contributed by atoms with E-state index in [-0.39, 0.29) is 30.7 Å². The van der Waals surface area contributed by atoms with Crippen LogP contribution in [0.4, 0.5) is 5.69 Å². The largest absolute Gasteiger partial charge is 0.481 e. The lowest BCUT2D eigenvalue weighted by Crippen LogP contribution is -2.39. The van der Waals surface area contributed by atoms with E-state index in [1.54, 1.807) is 11.0 Å². The lowest BCUT2D eigenvalue weighted by atomic mass is 10.1. The predicted octanol–water partition coefficient (Wildman–Crippen LogP) is 5.56. The third-order valence-corrected chi connectivity index (χ3v) is 8.85. The van der Waals surface area contributed by atoms with Crippen molar-refractivity contribution in [1.82, 2.24) is 10.2 Å². The van der Waals surface area contributed by atoms with Crippen LogP contribution in [0.1, 0.15) is 68.9 Å². The summed E-state index contributed by atoms with van der Waals surface area (Å²) in [6.07, 6.45) is 8.62. The summed E-state index contributed by atoms with van der Waals surface area (Å²) >= 11 is 6.69. The second kappa shape index (κ2) is 15.7. The highest BCUT2D eigenvalue weighted by Gasteiger charge is 2.42. The number of unbranched alkanes of at least 4 members (excludes halogenated alkanes) is 7. The first-order valence-electron chi connectivity index (χ1n) is 14.6. The standard InChI is InChI=1S/C32H37N3O5S2/c36-26(33-20-19-23-14-8-7-9-15-23)22-35-25-17-12-11-16-24(25)28(30(35)39)29-31(40)34(32(41)42-29)21-13-6-4-2-1-3-5-10-18-27(37)38/h7-9,11-12,14-17H,1-6,10,13,18-22H2,(H,33,36)(H,37,38). The van der Waals surface area contributed by atoms with Crippen LogP contribution in [0.2, 0.25) is 0 Å². The number of fused-ring (bicyclic) bond motifs is 1. The van der Waals surface area contributed by atoms with Gasteiger partial charge in [-0.1, -0.05) is 111 Å². The Balaban J connectivity index is 1.30. The van der Waals surface area contributed by atoms with Crippen LogP contribution in [0.5, 0.6) is 0 Å². The molecule has 8 nitrogen and oxygen atoms in total. The van der Waals surface area contributed by atoms with Gasteiger partial charge < -0.3 is 10.4 Å². The number of amides is 3. The first-order chi connectivity index (χ1) is 20.4. The zero-order valence-corrected chi connectivity index (χ0v) is 25.3. The van der Waals surface area contributed by atoms with E-state index >= 15 is 0 Å². The van der Waals surface area contributed by atoms with Crippen LogP contribution in [0, 0.1) is 0 Å². The van der Waals surface area contributed by atoms with E-state index in [1.165, 1.54) is 4.90 Å². The molecule has 0 aliphatic carbocycles. The number of anilines is 1. The van der Waals surface area contributed by atoms with Gasteiger partial charge in [0.15, 0.2) is 0 Å². The summed E-state index contributed by atoms with van der Waals surface area (Å²) in [7, 11) is 0. The number of aliphatic carboxylic acids is 1. The molecule has 2 aromatic carbocycles. The van der Waals surface area contributed by atoms with Gasteiger partial charge in [0.2, 0.25) is 5.91 Å². The molecule has 3 amide bonds. The molecular formula is C32H37N3O5S2. The number of hydrogen-bond donors (Lipinski definition) is 2. The van der Waals surface area contributed by atoms with E-state index in [0.717, 1.165) is 68.7 Å². The number of para-hydroxylation sites is 1. The molecule has 0 radical (unpaired) electrons. The Hall–Kier alpha value is -3.50. The highest BCUT2D eigenvalue weighted by Crippen LogP contribution is 2.44. The molecular weight excluding hydrogens is 571 g/mol. The normalized spacial score (nSPS) is 16.3. The van der Waals surface area contributed by atoms with Crippen molar-refractivity contribution in [2.24, 2.45) is 0 Å². The number of thiocarbonyl (C=S) groups is 1. The van der Waals surface area contributed by atoms with Crippen molar-refractivity contribution in [3.63, 3.8) is 0 Å². The minimum atomic E-state index is -0.738. The molecule has 0 saturated carbocycles. The molecule has 0 aromatic heterocycles. The zero-order valence-electron chi connectivity index (χ0n) is 23.7. The fourth-order valence-electron chi connectivity index (χ4n) is 5.20. The molecule has 1 fully saturated rings. The van der Waals surface area contributed by atoms with Crippen molar-refractivity contribution in [3.8, 4) is 0 Å². The van der Waals surface area contributed by atoms with Crippen molar-refractivity contribution < 1.29 is 24.3 Å². The minimum Gasteiger partial charge on any atom is -0.481 e. The SMILES string of the molecule is O=C(O)CCCCCCCCCCN1C(=O)C(=C2C(=O)N(CC(=O)NCCc3ccccc3)c3ccccc32)SC1=S. The van der Waals surface area contributed by atoms with Gasteiger partial charge in [0.25, 0.3) is 11.8 Å². The maximum absolute atomic E-state index is 13.6. The smallest absolute Gasteiger partial charge is 0.303 e. The Labute approximate surface area is 256 Å². The van der Waals surface area contributed by atoms with E-state index in [4.69, 9.17) is 17.3 Å². The molecule has 42 heavy (non-hydrogen) atoms. The monoisotopic (exact) mass is 607 g/mol. The number of carbonyl (C=O) groups is 4. The number of hydrogen-bond acceptors (Lipinski definition) is 6. The second-order valence-electron chi connectivity index (χ2n) is 10.5. The third kappa shape index (κ3) is 8.29. The van der Waals surface area contributed by atoms with Crippen LogP contribution in [-0.2, 0) is 25.6 Å². The van der Waals surface area contributed by atoms with Crippen molar-refractivity contribution in [3.05, 3.63) is 70.6 Å². The Morgan fingerprint density at radius 3 is 2.17 bits per heavy atom. The van der Waals surface area contributed by atoms with Gasteiger partial charge in [-0.25, -0.2) is 0 Å². The van der Waals surface area contributed by atoms with Gasteiger partial charge in [0.1, 0.15) is 10.9 Å². The molecule has 2 aliphatic heterocycles. The van der Waals surface area contributed by atoms with Gasteiger partial charge in [-0.3, -0.25) is 29.0 Å². The van der Waals surface area contributed by atoms with E-state index in [0.29, 0.717) is 45.6 Å². The van der Waals surface area contributed by atoms with E-state index in [2.05, 4.69) is 5.32 Å². The minimum absolute atomic E-state index is 0.131. The van der Waals surface area contributed by atoms with Gasteiger partial charge in [0.05, 0.1) is 16.2 Å².